The molecule has 4 aromatic rings. The minimum Gasteiger partial charge on any atom is -0.348 e. The molecule has 5 rings (SSSR count). The molecule has 0 radical (unpaired) electrons. The minimum atomic E-state index is -2.90. The third-order valence-electron chi connectivity index (χ3n) is 5.17. The molecule has 0 spiro atoms. The first-order chi connectivity index (χ1) is 14.0. The van der Waals surface area contributed by atoms with Crippen LogP contribution in [0.5, 0.6) is 0 Å². The van der Waals surface area contributed by atoms with Gasteiger partial charge in [0.1, 0.15) is 11.7 Å². The number of hydrogen-bond acceptors (Lipinski definition) is 4. The lowest BCUT2D eigenvalue weighted by Gasteiger charge is -2.33. The molecule has 8 nitrogen and oxygen atoms in total. The fraction of sp³-hybridized carbons (Fsp3) is 0.263. The molecule has 0 saturated heterocycles. The fourth-order valence-corrected chi connectivity index (χ4v) is 3.82. The topological polar surface area (TPSA) is 84.1 Å². The Labute approximate surface area is 163 Å². The summed E-state index contributed by atoms with van der Waals surface area (Å²) in [4.78, 5) is 22.3. The van der Waals surface area contributed by atoms with Gasteiger partial charge >= 0.3 is 6.55 Å². The number of nitrogens with zero attached hydrogens (tertiary/aromatic N) is 6. The highest BCUT2D eigenvalue weighted by atomic mass is 19.3. The van der Waals surface area contributed by atoms with Gasteiger partial charge in [0.05, 0.1) is 23.2 Å². The van der Waals surface area contributed by atoms with E-state index in [4.69, 9.17) is 0 Å². The molecule has 1 N–H and O–H groups in total. The lowest BCUT2D eigenvalue weighted by atomic mass is 9.99. The first-order valence-electron chi connectivity index (χ1n) is 9.13. The van der Waals surface area contributed by atoms with Crippen molar-refractivity contribution in [1.82, 2.24) is 34.3 Å². The number of amides is 1. The standard InChI is InChI=1S/C19H17F2N7O/c1-11-2-3-12-8-14(25-27(12)9-11)17-16-13(22-10-23-16)5-7-26(17)18(29)15-4-6-24-28(15)19(20)21/h2-4,6,8-10,17,19H,5,7H2,1H3,(H,22,23). The zero-order valence-electron chi connectivity index (χ0n) is 15.5. The second kappa shape index (κ2) is 6.50. The molecule has 29 heavy (non-hydrogen) atoms. The van der Waals surface area contributed by atoms with Gasteiger partial charge in [0.2, 0.25) is 0 Å². The van der Waals surface area contributed by atoms with E-state index in [1.54, 1.807) is 10.8 Å². The highest BCUT2D eigenvalue weighted by Crippen LogP contribution is 2.34. The van der Waals surface area contributed by atoms with E-state index in [0.717, 1.165) is 16.8 Å². The summed E-state index contributed by atoms with van der Waals surface area (Å²) in [7, 11) is 0. The van der Waals surface area contributed by atoms with Gasteiger partial charge < -0.3 is 9.88 Å². The summed E-state index contributed by atoms with van der Waals surface area (Å²) in [5.74, 6) is -0.533. The van der Waals surface area contributed by atoms with Crippen LogP contribution in [0.1, 0.15) is 45.7 Å². The van der Waals surface area contributed by atoms with Gasteiger partial charge in [0.25, 0.3) is 5.91 Å². The number of imidazole rings is 1. The lowest BCUT2D eigenvalue weighted by molar-refractivity contribution is 0.0441. The van der Waals surface area contributed by atoms with Crippen molar-refractivity contribution >= 4 is 11.4 Å². The Bertz CT molecular complexity index is 1210. The zero-order valence-corrected chi connectivity index (χ0v) is 15.5. The number of rotatable bonds is 3. The summed E-state index contributed by atoms with van der Waals surface area (Å²) in [5, 5.41) is 8.23. The molecule has 0 saturated carbocycles. The fourth-order valence-electron chi connectivity index (χ4n) is 3.82. The summed E-state index contributed by atoms with van der Waals surface area (Å²) in [6.07, 6.45) is 5.22. The summed E-state index contributed by atoms with van der Waals surface area (Å²) in [6, 6.07) is 6.53. The molecular weight excluding hydrogens is 380 g/mol. The number of carbonyl (C=O) groups is 1. The number of carbonyl (C=O) groups excluding carboxylic acids is 1. The van der Waals surface area contributed by atoms with E-state index < -0.39 is 18.5 Å². The van der Waals surface area contributed by atoms with Crippen LogP contribution in [0, 0.1) is 6.92 Å². The van der Waals surface area contributed by atoms with Crippen molar-refractivity contribution in [3.05, 3.63) is 71.3 Å². The van der Waals surface area contributed by atoms with Crippen LogP contribution >= 0.6 is 0 Å². The van der Waals surface area contributed by atoms with Crippen molar-refractivity contribution in [2.24, 2.45) is 0 Å². The van der Waals surface area contributed by atoms with Gasteiger partial charge in [-0.25, -0.2) is 9.50 Å². The summed E-state index contributed by atoms with van der Waals surface area (Å²) in [6.45, 7) is -0.583. The van der Waals surface area contributed by atoms with Crippen molar-refractivity contribution in [2.45, 2.75) is 25.9 Å². The largest absolute Gasteiger partial charge is 0.348 e. The van der Waals surface area contributed by atoms with Gasteiger partial charge in [-0.1, -0.05) is 6.07 Å². The van der Waals surface area contributed by atoms with Crippen LogP contribution in [0.3, 0.4) is 0 Å². The minimum absolute atomic E-state index is 0.163. The Balaban J connectivity index is 1.62. The Kier molecular flexibility index (Phi) is 3.93. The number of alkyl halides is 2. The first kappa shape index (κ1) is 17.5. The normalized spacial score (nSPS) is 16.6. The summed E-state index contributed by atoms with van der Waals surface area (Å²) >= 11 is 0. The van der Waals surface area contributed by atoms with Gasteiger partial charge in [-0.05, 0) is 30.7 Å². The average molecular weight is 397 g/mol. The highest BCUT2D eigenvalue weighted by Gasteiger charge is 2.37. The maximum atomic E-state index is 13.3. The molecule has 5 heterocycles. The number of aromatic nitrogens is 6. The number of nitrogens with one attached hydrogen (secondary N) is 1. The third kappa shape index (κ3) is 2.79. The lowest BCUT2D eigenvalue weighted by Crippen LogP contribution is -2.41. The number of aromatic amines is 1. The molecule has 1 atom stereocenters. The molecule has 148 valence electrons. The molecule has 0 fully saturated rings. The summed E-state index contributed by atoms with van der Waals surface area (Å²) < 4.78 is 28.7. The number of fused-ring (bicyclic) bond motifs is 2. The van der Waals surface area contributed by atoms with E-state index in [9.17, 15) is 13.6 Å². The van der Waals surface area contributed by atoms with Crippen LogP contribution in [-0.4, -0.2) is 46.7 Å². The van der Waals surface area contributed by atoms with Gasteiger partial charge in [-0.2, -0.15) is 23.7 Å². The Hall–Kier alpha value is -3.56. The maximum Gasteiger partial charge on any atom is 0.333 e. The molecular formula is C19H17F2N7O. The maximum absolute atomic E-state index is 13.3. The van der Waals surface area contributed by atoms with Crippen molar-refractivity contribution in [2.75, 3.05) is 6.54 Å². The second-order valence-corrected chi connectivity index (χ2v) is 7.00. The van der Waals surface area contributed by atoms with E-state index >= 15 is 0 Å². The highest BCUT2D eigenvalue weighted by molar-refractivity contribution is 5.93. The molecule has 0 bridgehead atoms. The molecule has 1 aliphatic rings. The van der Waals surface area contributed by atoms with Gasteiger partial charge in [0.15, 0.2) is 0 Å². The van der Waals surface area contributed by atoms with Crippen LogP contribution in [0.2, 0.25) is 0 Å². The Morgan fingerprint density at radius 2 is 2.17 bits per heavy atom. The molecule has 10 heteroatoms. The number of pyridine rings is 1. The number of H-pyrrole nitrogens is 1. The van der Waals surface area contributed by atoms with Crippen LogP contribution in [0.25, 0.3) is 5.52 Å². The average Bonchev–Trinajstić information content (AvgIpc) is 3.43. The predicted octanol–water partition coefficient (Wildman–Crippen LogP) is 2.75. The smallest absolute Gasteiger partial charge is 0.333 e. The van der Waals surface area contributed by atoms with E-state index in [1.807, 2.05) is 31.3 Å². The van der Waals surface area contributed by atoms with Crippen molar-refractivity contribution in [1.29, 1.82) is 0 Å². The monoisotopic (exact) mass is 397 g/mol. The van der Waals surface area contributed by atoms with E-state index in [1.165, 1.54) is 17.2 Å². The molecule has 1 aliphatic heterocycles. The Morgan fingerprint density at radius 3 is 3.00 bits per heavy atom. The van der Waals surface area contributed by atoms with Crippen LogP contribution in [-0.2, 0) is 6.42 Å². The Morgan fingerprint density at radius 1 is 1.31 bits per heavy atom. The second-order valence-electron chi connectivity index (χ2n) is 7.00. The molecule has 4 aromatic heterocycles. The van der Waals surface area contributed by atoms with Gasteiger partial charge in [0, 0.05) is 31.1 Å². The van der Waals surface area contributed by atoms with Gasteiger partial charge in [-0.3, -0.25) is 4.79 Å². The van der Waals surface area contributed by atoms with Crippen LogP contribution in [0.15, 0.2) is 43.0 Å². The molecule has 1 unspecified atom stereocenters. The quantitative estimate of drug-likeness (QED) is 0.576. The molecule has 0 aromatic carbocycles. The first-order valence-corrected chi connectivity index (χ1v) is 9.13. The molecule has 0 aliphatic carbocycles. The van der Waals surface area contributed by atoms with Crippen molar-refractivity contribution in [3.8, 4) is 0 Å². The number of aryl methyl sites for hydroxylation is 1. The molecule has 1 amide bonds. The number of halogens is 2. The SMILES string of the molecule is Cc1ccc2cc(C3c4nc[nH]c4CCN3C(=O)c3ccnn3C(F)F)nn2c1. The number of hydrogen-bond donors (Lipinski definition) is 1. The van der Waals surface area contributed by atoms with Crippen molar-refractivity contribution in [3.63, 3.8) is 0 Å². The zero-order chi connectivity index (χ0) is 20.1. The third-order valence-corrected chi connectivity index (χ3v) is 5.17. The van der Waals surface area contributed by atoms with Gasteiger partial charge in [-0.15, -0.1) is 0 Å². The van der Waals surface area contributed by atoms with Crippen LogP contribution in [0.4, 0.5) is 8.78 Å². The van der Waals surface area contributed by atoms with E-state index in [-0.39, 0.29) is 5.69 Å². The summed E-state index contributed by atoms with van der Waals surface area (Å²) in [5.41, 5.74) is 3.97. The predicted molar refractivity (Wildman–Crippen MR) is 98.6 cm³/mol. The van der Waals surface area contributed by atoms with Crippen LogP contribution < -0.4 is 0 Å². The van der Waals surface area contributed by atoms with E-state index in [0.29, 0.717) is 29.0 Å². The van der Waals surface area contributed by atoms with E-state index in [2.05, 4.69) is 20.2 Å². The van der Waals surface area contributed by atoms with Crippen molar-refractivity contribution < 1.29 is 13.6 Å².